The standard InChI is InChI=1S/C14H25NO2/c1-14(2)7-5-12(6-8-14)17-13(16)11-4-3-9-15-10-11/h11-12,15H,3-10H2,1-2H3. The fraction of sp³-hybridized carbons (Fsp3) is 0.929. The summed E-state index contributed by atoms with van der Waals surface area (Å²) in [4.78, 5) is 12.0. The first kappa shape index (κ1) is 12.9. The molecule has 2 aliphatic rings. The predicted molar refractivity (Wildman–Crippen MR) is 67.7 cm³/mol. The Kier molecular flexibility index (Phi) is 4.08. The molecule has 0 spiro atoms. The third-order valence-corrected chi connectivity index (χ3v) is 4.20. The SMILES string of the molecule is CC1(C)CCC(OC(=O)C2CCCNC2)CC1. The van der Waals surface area contributed by atoms with Gasteiger partial charge in [-0.3, -0.25) is 4.79 Å². The number of esters is 1. The van der Waals surface area contributed by atoms with Crippen molar-refractivity contribution in [2.24, 2.45) is 11.3 Å². The molecule has 0 radical (unpaired) electrons. The lowest BCUT2D eigenvalue weighted by Gasteiger charge is -2.34. The summed E-state index contributed by atoms with van der Waals surface area (Å²) in [5.74, 6) is 0.126. The van der Waals surface area contributed by atoms with Crippen LogP contribution in [0.5, 0.6) is 0 Å². The molecule has 0 amide bonds. The second-order valence-corrected chi connectivity index (χ2v) is 6.34. The molecule has 0 bridgehead atoms. The van der Waals surface area contributed by atoms with Gasteiger partial charge in [-0.15, -0.1) is 0 Å². The van der Waals surface area contributed by atoms with Crippen molar-refractivity contribution in [3.05, 3.63) is 0 Å². The van der Waals surface area contributed by atoms with E-state index in [9.17, 15) is 4.79 Å². The van der Waals surface area contributed by atoms with Crippen LogP contribution in [-0.2, 0) is 9.53 Å². The molecule has 1 heterocycles. The van der Waals surface area contributed by atoms with E-state index in [0.717, 1.165) is 38.8 Å². The average molecular weight is 239 g/mol. The van der Waals surface area contributed by atoms with Crippen molar-refractivity contribution in [1.29, 1.82) is 0 Å². The summed E-state index contributed by atoms with van der Waals surface area (Å²) < 4.78 is 5.65. The molecule has 1 aliphatic heterocycles. The average Bonchev–Trinajstić information content (AvgIpc) is 2.33. The fourth-order valence-corrected chi connectivity index (χ4v) is 2.80. The molecule has 1 N–H and O–H groups in total. The minimum atomic E-state index is 0.0295. The highest BCUT2D eigenvalue weighted by molar-refractivity contribution is 5.73. The fourth-order valence-electron chi connectivity index (χ4n) is 2.80. The molecule has 3 nitrogen and oxygen atoms in total. The van der Waals surface area contributed by atoms with E-state index in [0.29, 0.717) is 5.41 Å². The van der Waals surface area contributed by atoms with Gasteiger partial charge in [-0.1, -0.05) is 13.8 Å². The summed E-state index contributed by atoms with van der Waals surface area (Å²) in [6, 6.07) is 0. The van der Waals surface area contributed by atoms with Crippen molar-refractivity contribution in [2.45, 2.75) is 58.5 Å². The first-order valence-corrected chi connectivity index (χ1v) is 6.98. The summed E-state index contributed by atoms with van der Waals surface area (Å²) in [7, 11) is 0. The van der Waals surface area contributed by atoms with Gasteiger partial charge in [0.15, 0.2) is 0 Å². The van der Waals surface area contributed by atoms with Crippen molar-refractivity contribution in [2.75, 3.05) is 13.1 Å². The van der Waals surface area contributed by atoms with Crippen LogP contribution in [0.15, 0.2) is 0 Å². The van der Waals surface area contributed by atoms with E-state index in [2.05, 4.69) is 19.2 Å². The van der Waals surface area contributed by atoms with Gasteiger partial charge in [-0.25, -0.2) is 0 Å². The van der Waals surface area contributed by atoms with Gasteiger partial charge in [0.2, 0.25) is 0 Å². The Morgan fingerprint density at radius 1 is 1.24 bits per heavy atom. The number of hydrogen-bond donors (Lipinski definition) is 1. The van der Waals surface area contributed by atoms with Gasteiger partial charge in [-0.05, 0) is 50.5 Å². The summed E-state index contributed by atoms with van der Waals surface area (Å²) in [5, 5.41) is 3.27. The lowest BCUT2D eigenvalue weighted by Crippen LogP contribution is -2.37. The van der Waals surface area contributed by atoms with Crippen LogP contribution in [0.25, 0.3) is 0 Å². The number of rotatable bonds is 2. The van der Waals surface area contributed by atoms with Gasteiger partial charge in [0, 0.05) is 6.54 Å². The maximum atomic E-state index is 12.0. The summed E-state index contributed by atoms with van der Waals surface area (Å²) in [6.07, 6.45) is 6.69. The second kappa shape index (κ2) is 5.38. The largest absolute Gasteiger partial charge is 0.462 e. The zero-order valence-corrected chi connectivity index (χ0v) is 11.1. The highest BCUT2D eigenvalue weighted by Crippen LogP contribution is 2.36. The third kappa shape index (κ3) is 3.70. The number of nitrogens with one attached hydrogen (secondary N) is 1. The molecule has 3 heteroatoms. The topological polar surface area (TPSA) is 38.3 Å². The Balaban J connectivity index is 1.75. The first-order valence-electron chi connectivity index (χ1n) is 6.98. The van der Waals surface area contributed by atoms with Crippen LogP contribution in [0.2, 0.25) is 0 Å². The number of ether oxygens (including phenoxy) is 1. The molecule has 1 aliphatic carbocycles. The Morgan fingerprint density at radius 2 is 1.94 bits per heavy atom. The monoisotopic (exact) mass is 239 g/mol. The Morgan fingerprint density at radius 3 is 2.53 bits per heavy atom. The third-order valence-electron chi connectivity index (χ3n) is 4.20. The maximum Gasteiger partial charge on any atom is 0.310 e. The smallest absolute Gasteiger partial charge is 0.310 e. The van der Waals surface area contributed by atoms with Gasteiger partial charge in [0.1, 0.15) is 6.10 Å². The van der Waals surface area contributed by atoms with E-state index >= 15 is 0 Å². The molecule has 0 aromatic rings. The van der Waals surface area contributed by atoms with E-state index in [-0.39, 0.29) is 18.0 Å². The molecule has 17 heavy (non-hydrogen) atoms. The van der Waals surface area contributed by atoms with E-state index in [1.165, 1.54) is 12.8 Å². The Bertz CT molecular complexity index is 259. The van der Waals surface area contributed by atoms with Crippen LogP contribution in [-0.4, -0.2) is 25.2 Å². The molecule has 0 aromatic heterocycles. The lowest BCUT2D eigenvalue weighted by molar-refractivity contribution is -0.157. The van der Waals surface area contributed by atoms with Crippen LogP contribution >= 0.6 is 0 Å². The summed E-state index contributed by atoms with van der Waals surface area (Å²) >= 11 is 0. The quantitative estimate of drug-likeness (QED) is 0.752. The lowest BCUT2D eigenvalue weighted by atomic mass is 9.76. The van der Waals surface area contributed by atoms with Gasteiger partial charge < -0.3 is 10.1 Å². The van der Waals surface area contributed by atoms with Crippen LogP contribution in [0.3, 0.4) is 0 Å². The molecular formula is C14H25NO2. The first-order chi connectivity index (χ1) is 8.07. The molecule has 98 valence electrons. The zero-order valence-electron chi connectivity index (χ0n) is 11.1. The van der Waals surface area contributed by atoms with E-state index in [1.54, 1.807) is 0 Å². The highest BCUT2D eigenvalue weighted by Gasteiger charge is 2.31. The molecule has 2 fully saturated rings. The van der Waals surface area contributed by atoms with Crippen LogP contribution in [0, 0.1) is 11.3 Å². The van der Waals surface area contributed by atoms with Crippen molar-refractivity contribution in [1.82, 2.24) is 5.32 Å². The maximum absolute atomic E-state index is 12.0. The van der Waals surface area contributed by atoms with Gasteiger partial charge in [0.05, 0.1) is 5.92 Å². The zero-order chi connectivity index (χ0) is 12.3. The van der Waals surface area contributed by atoms with Gasteiger partial charge in [-0.2, -0.15) is 0 Å². The number of carbonyl (C=O) groups is 1. The molecule has 1 saturated carbocycles. The number of piperidine rings is 1. The number of hydrogen-bond acceptors (Lipinski definition) is 3. The second-order valence-electron chi connectivity index (χ2n) is 6.34. The Hall–Kier alpha value is -0.570. The van der Waals surface area contributed by atoms with Crippen molar-refractivity contribution >= 4 is 5.97 Å². The van der Waals surface area contributed by atoms with Crippen LogP contribution in [0.4, 0.5) is 0 Å². The van der Waals surface area contributed by atoms with Gasteiger partial charge in [0.25, 0.3) is 0 Å². The molecular weight excluding hydrogens is 214 g/mol. The van der Waals surface area contributed by atoms with Crippen LogP contribution < -0.4 is 5.32 Å². The predicted octanol–water partition coefficient (Wildman–Crippen LogP) is 2.50. The van der Waals surface area contributed by atoms with Crippen LogP contribution in [0.1, 0.15) is 52.4 Å². The van der Waals surface area contributed by atoms with E-state index in [1.807, 2.05) is 0 Å². The molecule has 2 rings (SSSR count). The molecule has 1 unspecified atom stereocenters. The summed E-state index contributed by atoms with van der Waals surface area (Å²) in [6.45, 7) is 6.45. The van der Waals surface area contributed by atoms with Gasteiger partial charge >= 0.3 is 5.97 Å². The van der Waals surface area contributed by atoms with E-state index < -0.39 is 0 Å². The highest BCUT2D eigenvalue weighted by atomic mass is 16.5. The normalized spacial score (nSPS) is 29.9. The molecule has 1 atom stereocenters. The van der Waals surface area contributed by atoms with Crippen molar-refractivity contribution < 1.29 is 9.53 Å². The minimum Gasteiger partial charge on any atom is -0.462 e. The Labute approximate surface area is 104 Å². The van der Waals surface area contributed by atoms with Crippen molar-refractivity contribution in [3.8, 4) is 0 Å². The molecule has 1 saturated heterocycles. The minimum absolute atomic E-state index is 0.0295. The van der Waals surface area contributed by atoms with E-state index in [4.69, 9.17) is 4.74 Å². The van der Waals surface area contributed by atoms with Crippen molar-refractivity contribution in [3.63, 3.8) is 0 Å². The number of carbonyl (C=O) groups excluding carboxylic acids is 1. The summed E-state index contributed by atoms with van der Waals surface area (Å²) in [5.41, 5.74) is 0.440. The molecule has 0 aromatic carbocycles.